The highest BCUT2D eigenvalue weighted by molar-refractivity contribution is 5.46. The number of hydrogen-bond donors (Lipinski definition) is 1. The van der Waals surface area contributed by atoms with E-state index in [-0.39, 0.29) is 0 Å². The molecule has 0 amide bonds. The largest absolute Gasteiger partial charge is 0.493 e. The lowest BCUT2D eigenvalue weighted by atomic mass is 9.76. The van der Waals surface area contributed by atoms with Crippen LogP contribution in [0, 0.1) is 0 Å². The molecule has 1 aliphatic carbocycles. The zero-order valence-electron chi connectivity index (χ0n) is 12.4. The first-order chi connectivity index (χ1) is 10.2. The first kappa shape index (κ1) is 14.0. The van der Waals surface area contributed by atoms with Crippen molar-refractivity contribution in [2.45, 2.75) is 24.9 Å². The number of benzene rings is 2. The van der Waals surface area contributed by atoms with E-state index in [2.05, 4.69) is 18.2 Å². The molecule has 2 aromatic carbocycles. The van der Waals surface area contributed by atoms with E-state index < -0.39 is 5.60 Å². The Morgan fingerprint density at radius 2 is 1.67 bits per heavy atom. The molecular weight excluding hydrogens is 264 g/mol. The smallest absolute Gasteiger partial charge is 0.161 e. The maximum atomic E-state index is 11.1. The van der Waals surface area contributed by atoms with Crippen molar-refractivity contribution in [3.05, 3.63) is 59.2 Å². The molecule has 21 heavy (non-hydrogen) atoms. The molecule has 1 N–H and O–H groups in total. The summed E-state index contributed by atoms with van der Waals surface area (Å²) in [6, 6.07) is 14.0. The van der Waals surface area contributed by atoms with Crippen molar-refractivity contribution in [2.75, 3.05) is 14.2 Å². The van der Waals surface area contributed by atoms with Crippen molar-refractivity contribution >= 4 is 0 Å². The van der Waals surface area contributed by atoms with E-state index in [1.165, 1.54) is 11.1 Å². The lowest BCUT2D eigenvalue weighted by molar-refractivity contribution is 0.0220. The fraction of sp³-hybridized carbons (Fsp3) is 0.333. The van der Waals surface area contributed by atoms with Gasteiger partial charge >= 0.3 is 0 Å². The minimum atomic E-state index is -0.839. The van der Waals surface area contributed by atoms with Gasteiger partial charge in [0, 0.05) is 6.42 Å². The number of aryl methyl sites for hydroxylation is 1. The average Bonchev–Trinajstić information content (AvgIpc) is 2.54. The molecule has 0 aliphatic heterocycles. The van der Waals surface area contributed by atoms with Crippen molar-refractivity contribution < 1.29 is 14.6 Å². The van der Waals surface area contributed by atoms with Crippen LogP contribution >= 0.6 is 0 Å². The molecule has 0 saturated heterocycles. The van der Waals surface area contributed by atoms with Crippen molar-refractivity contribution in [3.8, 4) is 11.5 Å². The maximum Gasteiger partial charge on any atom is 0.161 e. The van der Waals surface area contributed by atoms with Crippen LogP contribution in [0.3, 0.4) is 0 Å². The van der Waals surface area contributed by atoms with Gasteiger partial charge in [0.15, 0.2) is 11.5 Å². The third-order valence-corrected chi connectivity index (χ3v) is 4.33. The van der Waals surface area contributed by atoms with Crippen LogP contribution in [0.15, 0.2) is 42.5 Å². The van der Waals surface area contributed by atoms with Gasteiger partial charge in [0.25, 0.3) is 0 Å². The highest BCUT2D eigenvalue weighted by Crippen LogP contribution is 2.39. The SMILES string of the molecule is COc1ccc(C2(O)CCc3ccccc3C2)cc1OC. The number of ether oxygens (including phenoxy) is 2. The molecular formula is C18H20O3. The van der Waals surface area contributed by atoms with Gasteiger partial charge in [-0.25, -0.2) is 0 Å². The first-order valence-corrected chi connectivity index (χ1v) is 7.18. The Balaban J connectivity index is 1.97. The quantitative estimate of drug-likeness (QED) is 0.941. The van der Waals surface area contributed by atoms with Gasteiger partial charge in [-0.15, -0.1) is 0 Å². The minimum absolute atomic E-state index is 0.638. The van der Waals surface area contributed by atoms with E-state index in [9.17, 15) is 5.11 Å². The van der Waals surface area contributed by atoms with Gasteiger partial charge in [-0.2, -0.15) is 0 Å². The number of fused-ring (bicyclic) bond motifs is 1. The first-order valence-electron chi connectivity index (χ1n) is 7.18. The fourth-order valence-corrected chi connectivity index (χ4v) is 3.09. The van der Waals surface area contributed by atoms with Crippen molar-refractivity contribution in [1.82, 2.24) is 0 Å². The Morgan fingerprint density at radius 3 is 2.38 bits per heavy atom. The van der Waals surface area contributed by atoms with E-state index >= 15 is 0 Å². The summed E-state index contributed by atoms with van der Waals surface area (Å²) in [5, 5.41) is 11.1. The van der Waals surface area contributed by atoms with Gasteiger partial charge < -0.3 is 14.6 Å². The maximum absolute atomic E-state index is 11.1. The lowest BCUT2D eigenvalue weighted by Crippen LogP contribution is -2.33. The zero-order valence-corrected chi connectivity index (χ0v) is 12.4. The Labute approximate surface area is 125 Å². The molecule has 0 fully saturated rings. The number of methoxy groups -OCH3 is 2. The Morgan fingerprint density at radius 1 is 0.952 bits per heavy atom. The van der Waals surface area contributed by atoms with Gasteiger partial charge in [-0.05, 0) is 41.7 Å². The molecule has 3 nitrogen and oxygen atoms in total. The second kappa shape index (κ2) is 5.41. The fourth-order valence-electron chi connectivity index (χ4n) is 3.09. The molecule has 3 heteroatoms. The van der Waals surface area contributed by atoms with Crippen LogP contribution in [-0.4, -0.2) is 19.3 Å². The monoisotopic (exact) mass is 284 g/mol. The molecule has 0 radical (unpaired) electrons. The molecule has 1 aliphatic rings. The molecule has 0 saturated carbocycles. The Bertz CT molecular complexity index is 651. The summed E-state index contributed by atoms with van der Waals surface area (Å²) in [6.07, 6.45) is 2.25. The second-order valence-electron chi connectivity index (χ2n) is 5.55. The van der Waals surface area contributed by atoms with Crippen LogP contribution in [0.1, 0.15) is 23.1 Å². The summed E-state index contributed by atoms with van der Waals surface area (Å²) in [4.78, 5) is 0. The topological polar surface area (TPSA) is 38.7 Å². The van der Waals surface area contributed by atoms with Crippen molar-refractivity contribution in [3.63, 3.8) is 0 Å². The van der Waals surface area contributed by atoms with Gasteiger partial charge in [0.1, 0.15) is 0 Å². The minimum Gasteiger partial charge on any atom is -0.493 e. The third kappa shape index (κ3) is 2.49. The molecule has 3 rings (SSSR count). The average molecular weight is 284 g/mol. The molecule has 0 bridgehead atoms. The summed E-state index contributed by atoms with van der Waals surface area (Å²) in [7, 11) is 3.23. The molecule has 0 heterocycles. The highest BCUT2D eigenvalue weighted by Gasteiger charge is 2.34. The number of aliphatic hydroxyl groups is 1. The summed E-state index contributed by atoms with van der Waals surface area (Å²) in [5.74, 6) is 1.34. The molecule has 0 aromatic heterocycles. The van der Waals surface area contributed by atoms with E-state index in [4.69, 9.17) is 9.47 Å². The normalized spacial score (nSPS) is 20.7. The number of rotatable bonds is 3. The predicted octanol–water partition coefficient (Wildman–Crippen LogP) is 3.08. The van der Waals surface area contributed by atoms with Gasteiger partial charge in [-0.3, -0.25) is 0 Å². The van der Waals surface area contributed by atoms with Crippen LogP contribution < -0.4 is 9.47 Å². The van der Waals surface area contributed by atoms with E-state index in [1.54, 1.807) is 14.2 Å². The van der Waals surface area contributed by atoms with Crippen LogP contribution in [0.2, 0.25) is 0 Å². The number of hydrogen-bond acceptors (Lipinski definition) is 3. The standard InChI is InChI=1S/C18H20O3/c1-20-16-8-7-15(11-17(16)21-2)18(19)10-9-13-5-3-4-6-14(13)12-18/h3-8,11,19H,9-10,12H2,1-2H3. The predicted molar refractivity (Wildman–Crippen MR) is 81.9 cm³/mol. The highest BCUT2D eigenvalue weighted by atomic mass is 16.5. The van der Waals surface area contributed by atoms with Gasteiger partial charge in [-0.1, -0.05) is 30.3 Å². The summed E-state index contributed by atoms with van der Waals surface area (Å²) < 4.78 is 10.6. The van der Waals surface area contributed by atoms with E-state index in [0.717, 1.165) is 18.4 Å². The Kier molecular flexibility index (Phi) is 3.60. The molecule has 0 spiro atoms. The van der Waals surface area contributed by atoms with Crippen molar-refractivity contribution in [1.29, 1.82) is 0 Å². The molecule has 1 unspecified atom stereocenters. The van der Waals surface area contributed by atoms with Crippen LogP contribution in [0.25, 0.3) is 0 Å². The Hall–Kier alpha value is -2.00. The second-order valence-corrected chi connectivity index (χ2v) is 5.55. The van der Waals surface area contributed by atoms with Crippen LogP contribution in [0.5, 0.6) is 11.5 Å². The van der Waals surface area contributed by atoms with Crippen molar-refractivity contribution in [2.24, 2.45) is 0 Å². The lowest BCUT2D eigenvalue weighted by Gasteiger charge is -2.34. The van der Waals surface area contributed by atoms with Gasteiger partial charge in [0.2, 0.25) is 0 Å². The van der Waals surface area contributed by atoms with E-state index in [0.29, 0.717) is 17.9 Å². The van der Waals surface area contributed by atoms with Gasteiger partial charge in [0.05, 0.1) is 19.8 Å². The summed E-state index contributed by atoms with van der Waals surface area (Å²) in [6.45, 7) is 0. The summed E-state index contributed by atoms with van der Waals surface area (Å²) >= 11 is 0. The zero-order chi connectivity index (χ0) is 14.9. The van der Waals surface area contributed by atoms with Crippen LogP contribution in [-0.2, 0) is 18.4 Å². The third-order valence-electron chi connectivity index (χ3n) is 4.33. The van der Waals surface area contributed by atoms with Crippen LogP contribution in [0.4, 0.5) is 0 Å². The molecule has 1 atom stereocenters. The van der Waals surface area contributed by atoms with E-state index in [1.807, 2.05) is 24.3 Å². The molecule has 2 aromatic rings. The summed E-state index contributed by atoms with van der Waals surface area (Å²) in [5.41, 5.74) is 2.60. The molecule has 110 valence electrons.